The van der Waals surface area contributed by atoms with Crippen LogP contribution >= 0.6 is 11.6 Å². The zero-order chi connectivity index (χ0) is 10.0. The summed E-state index contributed by atoms with van der Waals surface area (Å²) in [7, 11) is 1.71. The summed E-state index contributed by atoms with van der Waals surface area (Å²) >= 11 is 5.88. The number of nitro groups is 1. The van der Waals surface area contributed by atoms with Crippen LogP contribution in [0.3, 0.4) is 0 Å². The maximum atomic E-state index is 10.1. The van der Waals surface area contributed by atoms with Gasteiger partial charge in [0.05, 0.1) is 5.69 Å². The van der Waals surface area contributed by atoms with Crippen molar-refractivity contribution in [3.05, 3.63) is 26.5 Å². The van der Waals surface area contributed by atoms with Crippen molar-refractivity contribution in [2.45, 2.75) is 13.3 Å². The lowest BCUT2D eigenvalue weighted by molar-refractivity contribution is -0.479. The highest BCUT2D eigenvalue weighted by atomic mass is 35.5. The van der Waals surface area contributed by atoms with Gasteiger partial charge in [-0.25, -0.2) is 0 Å². The summed E-state index contributed by atoms with van der Waals surface area (Å²) in [6, 6.07) is 0. The first-order valence-electron chi connectivity index (χ1n) is 3.82. The van der Waals surface area contributed by atoms with Crippen LogP contribution in [-0.4, -0.2) is 21.2 Å². The highest BCUT2D eigenvalue weighted by molar-refractivity contribution is 6.30. The Kier molecular flexibility index (Phi) is 2.87. The molecule has 1 aromatic rings. The molecule has 0 radical (unpaired) electrons. The van der Waals surface area contributed by atoms with Gasteiger partial charge in [-0.3, -0.25) is 14.8 Å². The Balaban J connectivity index is 2.81. The van der Waals surface area contributed by atoms with E-state index in [1.807, 2.05) is 0 Å². The van der Waals surface area contributed by atoms with Crippen LogP contribution in [0.1, 0.15) is 11.3 Å². The zero-order valence-corrected chi connectivity index (χ0v) is 8.21. The van der Waals surface area contributed by atoms with Gasteiger partial charge in [0.25, 0.3) is 0 Å². The smallest absolute Gasteiger partial charge is 0.208 e. The fourth-order valence-corrected chi connectivity index (χ4v) is 1.43. The lowest BCUT2D eigenvalue weighted by atomic mass is 10.2. The SMILES string of the molecule is Cc1nn(C)c(Cl)c1CC[N+](=O)[O-]. The van der Waals surface area contributed by atoms with Crippen molar-refractivity contribution in [1.82, 2.24) is 9.78 Å². The van der Waals surface area contributed by atoms with E-state index in [0.717, 1.165) is 11.3 Å². The maximum absolute atomic E-state index is 10.1. The van der Waals surface area contributed by atoms with Crippen molar-refractivity contribution in [3.8, 4) is 0 Å². The first-order chi connectivity index (χ1) is 6.02. The predicted octanol–water partition coefficient (Wildman–Crippen LogP) is 1.20. The minimum atomic E-state index is -0.358. The molecule has 13 heavy (non-hydrogen) atoms. The molecule has 0 aromatic carbocycles. The molecule has 0 aliphatic carbocycles. The second kappa shape index (κ2) is 3.74. The van der Waals surface area contributed by atoms with Crippen molar-refractivity contribution in [2.75, 3.05) is 6.54 Å². The zero-order valence-electron chi connectivity index (χ0n) is 7.45. The topological polar surface area (TPSA) is 61.0 Å². The highest BCUT2D eigenvalue weighted by Crippen LogP contribution is 2.18. The van der Waals surface area contributed by atoms with E-state index >= 15 is 0 Å². The molecule has 1 heterocycles. The van der Waals surface area contributed by atoms with Crippen molar-refractivity contribution in [1.29, 1.82) is 0 Å². The van der Waals surface area contributed by atoms with E-state index in [-0.39, 0.29) is 11.5 Å². The molecular weight excluding hydrogens is 194 g/mol. The minimum Gasteiger partial charge on any atom is -0.265 e. The van der Waals surface area contributed by atoms with Crippen LogP contribution in [0, 0.1) is 17.0 Å². The van der Waals surface area contributed by atoms with Gasteiger partial charge in [0.2, 0.25) is 6.54 Å². The summed E-state index contributed by atoms with van der Waals surface area (Å²) in [5.41, 5.74) is 1.52. The Morgan fingerprint density at radius 2 is 2.31 bits per heavy atom. The Hall–Kier alpha value is -1.10. The second-order valence-corrected chi connectivity index (χ2v) is 3.14. The normalized spacial score (nSPS) is 10.4. The van der Waals surface area contributed by atoms with Crippen molar-refractivity contribution < 1.29 is 4.92 Å². The Bertz CT molecular complexity index is 335. The fraction of sp³-hybridized carbons (Fsp3) is 0.571. The first-order valence-corrected chi connectivity index (χ1v) is 4.20. The van der Waals surface area contributed by atoms with Gasteiger partial charge in [0.1, 0.15) is 5.15 Å². The number of hydrogen-bond donors (Lipinski definition) is 0. The molecule has 5 nitrogen and oxygen atoms in total. The van der Waals surface area contributed by atoms with Crippen molar-refractivity contribution >= 4 is 11.6 Å². The van der Waals surface area contributed by atoms with Gasteiger partial charge < -0.3 is 0 Å². The number of hydrogen-bond acceptors (Lipinski definition) is 3. The molecule has 1 aromatic heterocycles. The van der Waals surface area contributed by atoms with Crippen molar-refractivity contribution in [2.24, 2.45) is 7.05 Å². The summed E-state index contributed by atoms with van der Waals surface area (Å²) in [6.07, 6.45) is 0.339. The number of rotatable bonds is 3. The molecule has 0 aliphatic heterocycles. The van der Waals surface area contributed by atoms with Gasteiger partial charge in [-0.15, -0.1) is 0 Å². The number of nitrogens with zero attached hydrogens (tertiary/aromatic N) is 3. The fourth-order valence-electron chi connectivity index (χ4n) is 1.16. The van der Waals surface area contributed by atoms with E-state index in [1.54, 1.807) is 14.0 Å². The molecule has 0 aliphatic rings. The Labute approximate surface area is 80.5 Å². The number of aryl methyl sites for hydroxylation is 2. The molecule has 0 saturated carbocycles. The largest absolute Gasteiger partial charge is 0.265 e. The molecule has 0 atom stereocenters. The number of aromatic nitrogens is 2. The minimum absolute atomic E-state index is 0.105. The van der Waals surface area contributed by atoms with Crippen LogP contribution in [-0.2, 0) is 13.5 Å². The van der Waals surface area contributed by atoms with Crippen LogP contribution in [0.25, 0.3) is 0 Å². The van der Waals surface area contributed by atoms with Crippen LogP contribution < -0.4 is 0 Å². The van der Waals surface area contributed by atoms with Gasteiger partial charge in [0, 0.05) is 24.0 Å². The predicted molar refractivity (Wildman–Crippen MR) is 48.5 cm³/mol. The van der Waals surface area contributed by atoms with Crippen LogP contribution in [0.2, 0.25) is 5.15 Å². The molecule has 0 spiro atoms. The third-order valence-electron chi connectivity index (χ3n) is 1.81. The lowest BCUT2D eigenvalue weighted by Gasteiger charge is -1.95. The molecule has 0 bridgehead atoms. The van der Waals surface area contributed by atoms with Gasteiger partial charge >= 0.3 is 0 Å². The third-order valence-corrected chi connectivity index (χ3v) is 2.29. The molecule has 0 saturated heterocycles. The van der Waals surface area contributed by atoms with E-state index in [2.05, 4.69) is 5.10 Å². The standard InChI is InChI=1S/C7H10ClN3O2/c1-5-6(3-4-11(12)13)7(8)10(2)9-5/h3-4H2,1-2H3. The summed E-state index contributed by atoms with van der Waals surface area (Å²) < 4.78 is 1.52. The third kappa shape index (κ3) is 2.18. The average molecular weight is 204 g/mol. The molecule has 1 rings (SSSR count). The van der Waals surface area contributed by atoms with E-state index in [4.69, 9.17) is 11.6 Å². The van der Waals surface area contributed by atoms with E-state index < -0.39 is 0 Å². The van der Waals surface area contributed by atoms with Crippen LogP contribution in [0.4, 0.5) is 0 Å². The lowest BCUT2D eigenvalue weighted by Crippen LogP contribution is -2.04. The molecule has 0 unspecified atom stereocenters. The van der Waals surface area contributed by atoms with Crippen molar-refractivity contribution in [3.63, 3.8) is 0 Å². The van der Waals surface area contributed by atoms with E-state index in [1.165, 1.54) is 4.68 Å². The Morgan fingerprint density at radius 3 is 2.69 bits per heavy atom. The van der Waals surface area contributed by atoms with Gasteiger partial charge in [0.15, 0.2) is 0 Å². The quantitative estimate of drug-likeness (QED) is 0.548. The summed E-state index contributed by atoms with van der Waals surface area (Å²) in [6.45, 7) is 1.69. The summed E-state index contributed by atoms with van der Waals surface area (Å²) in [5, 5.41) is 14.7. The molecule has 0 N–H and O–H groups in total. The molecule has 6 heteroatoms. The maximum Gasteiger partial charge on any atom is 0.208 e. The Morgan fingerprint density at radius 1 is 1.69 bits per heavy atom. The molecule has 0 amide bonds. The van der Waals surface area contributed by atoms with E-state index in [0.29, 0.717) is 11.6 Å². The molecular formula is C7H10ClN3O2. The highest BCUT2D eigenvalue weighted by Gasteiger charge is 2.12. The molecule has 72 valence electrons. The van der Waals surface area contributed by atoms with E-state index in [9.17, 15) is 10.1 Å². The summed E-state index contributed by atoms with van der Waals surface area (Å²) in [5.74, 6) is 0. The van der Waals surface area contributed by atoms with Gasteiger partial charge in [-0.2, -0.15) is 5.10 Å². The van der Waals surface area contributed by atoms with Gasteiger partial charge in [-0.05, 0) is 6.92 Å². The monoisotopic (exact) mass is 203 g/mol. The van der Waals surface area contributed by atoms with Crippen LogP contribution in [0.5, 0.6) is 0 Å². The number of halogens is 1. The first kappa shape index (κ1) is 9.98. The van der Waals surface area contributed by atoms with Crippen LogP contribution in [0.15, 0.2) is 0 Å². The van der Waals surface area contributed by atoms with Gasteiger partial charge in [-0.1, -0.05) is 11.6 Å². The summed E-state index contributed by atoms with van der Waals surface area (Å²) in [4.78, 5) is 9.78. The average Bonchev–Trinajstić information content (AvgIpc) is 2.24. The second-order valence-electron chi connectivity index (χ2n) is 2.78. The molecule has 0 fully saturated rings.